The maximum Gasteiger partial charge on any atom is 0.0967 e. The highest BCUT2D eigenvalue weighted by molar-refractivity contribution is 6.40. The van der Waals surface area contributed by atoms with E-state index in [1.165, 1.54) is 11.1 Å². The average molecular weight is 493 g/mol. The summed E-state index contributed by atoms with van der Waals surface area (Å²) in [5.74, 6) is 0. The highest BCUT2D eigenvalue weighted by Crippen LogP contribution is 2.17. The zero-order valence-corrected chi connectivity index (χ0v) is 17.9. The first-order chi connectivity index (χ1) is 5.88. The predicted octanol–water partition coefficient (Wildman–Crippen LogP) is 7.05. The number of hydrogen-bond acceptors (Lipinski definition) is 0. The molecule has 10 heteroatoms. The van der Waals surface area contributed by atoms with Crippen molar-refractivity contribution < 1.29 is 0 Å². The van der Waals surface area contributed by atoms with Gasteiger partial charge in [-0.2, -0.15) is 0 Å². The van der Waals surface area contributed by atoms with E-state index in [-0.39, 0.29) is 105 Å². The van der Waals surface area contributed by atoms with Gasteiger partial charge in [0.25, 0.3) is 0 Å². The number of alkyl halides is 2. The lowest BCUT2D eigenvalue weighted by Gasteiger charge is -1.93. The van der Waals surface area contributed by atoms with Crippen molar-refractivity contribution in [3.63, 3.8) is 0 Å². The zero-order valence-electron chi connectivity index (χ0n) is 9.90. The van der Waals surface area contributed by atoms with Crippen molar-refractivity contribution in [2.45, 2.75) is 6.42 Å². The number of allylic oxidation sites excluding steroid dienone is 1. The summed E-state index contributed by atoms with van der Waals surface area (Å²) in [7, 11) is 0. The van der Waals surface area contributed by atoms with Gasteiger partial charge in [0.15, 0.2) is 0 Å². The molecule has 0 saturated heterocycles. The molecule has 0 aliphatic heterocycles. The van der Waals surface area contributed by atoms with Crippen LogP contribution in [0.3, 0.4) is 0 Å². The Morgan fingerprint density at radius 1 is 0.750 bits per heavy atom. The highest BCUT2D eigenvalue weighted by atomic mass is 35.5. The Kier molecular flexibility index (Phi) is 81.0. The molecule has 1 aromatic carbocycles. The molecule has 0 unspecified atom stereocenters. The Balaban J connectivity index is -0.0000000205. The molecule has 0 heterocycles. The minimum absolute atomic E-state index is 0. The van der Waals surface area contributed by atoms with Gasteiger partial charge < -0.3 is 0 Å². The number of benzene rings is 1. The number of halogens is 10. The Labute approximate surface area is 180 Å². The summed E-state index contributed by atoms with van der Waals surface area (Å²) in [6.45, 7) is 0. The van der Waals surface area contributed by atoms with E-state index < -0.39 is 0 Å². The maximum atomic E-state index is 4.76. The minimum atomic E-state index is 0. The molecule has 1 aliphatic carbocycles. The van der Waals surface area contributed by atoms with Gasteiger partial charge in [-0.1, -0.05) is 36.4 Å². The largest absolute Gasteiger partial charge is 0.147 e. The summed E-state index contributed by atoms with van der Waals surface area (Å²) in [5.41, 5.74) is 2.84. The molecule has 0 aromatic heterocycles. The molecule has 0 amide bonds. The van der Waals surface area contributed by atoms with E-state index in [1.807, 2.05) is 0 Å². The molecule has 1 aliphatic rings. The van der Waals surface area contributed by atoms with Crippen LogP contribution in [0.5, 0.6) is 0 Å². The van der Waals surface area contributed by atoms with Gasteiger partial charge in [-0.25, -0.2) is 0 Å². The van der Waals surface area contributed by atoms with Gasteiger partial charge in [0.2, 0.25) is 0 Å². The van der Waals surface area contributed by atoms with Crippen LogP contribution in [0.15, 0.2) is 30.3 Å². The van der Waals surface area contributed by atoms with E-state index in [2.05, 4.69) is 36.4 Å². The smallest absolute Gasteiger partial charge is 0.0967 e. The van der Waals surface area contributed by atoms with Crippen molar-refractivity contribution in [3.05, 3.63) is 41.5 Å². The molecule has 0 radical (unpaired) electrons. The third-order valence-corrected chi connectivity index (χ3v) is 1.69. The summed E-state index contributed by atoms with van der Waals surface area (Å²) < 4.78 is 0. The molecule has 128 valence electrons. The predicted molar refractivity (Wildman–Crippen MR) is 114 cm³/mol. The van der Waals surface area contributed by atoms with Gasteiger partial charge in [-0.3, -0.25) is 0 Å². The molecular formula is C10H18Cl10. The van der Waals surface area contributed by atoms with Crippen LogP contribution in [0.25, 0.3) is 6.08 Å². The van der Waals surface area contributed by atoms with E-state index in [0.717, 1.165) is 6.42 Å². The summed E-state index contributed by atoms with van der Waals surface area (Å²) in [6.07, 6.45) is 5.50. The lowest BCUT2D eigenvalue weighted by atomic mass is 10.1. The Morgan fingerprint density at radius 3 is 1.55 bits per heavy atom. The van der Waals surface area contributed by atoms with E-state index in [1.54, 1.807) is 0 Å². The molecule has 0 saturated carbocycles. The molecule has 0 atom stereocenters. The molecule has 0 spiro atoms. The zero-order chi connectivity index (χ0) is 8.81. The first-order valence-corrected chi connectivity index (χ1v) is 4.81. The van der Waals surface area contributed by atoms with Crippen LogP contribution < -0.4 is 0 Å². The normalized spacial score (nSPS) is 7.10. The number of fused-ring (bicyclic) bond motifs is 1. The van der Waals surface area contributed by atoms with Crippen LogP contribution in [0.4, 0.5) is 0 Å². The lowest BCUT2D eigenvalue weighted by Crippen LogP contribution is -1.76. The van der Waals surface area contributed by atoms with Crippen LogP contribution in [0.1, 0.15) is 11.1 Å². The van der Waals surface area contributed by atoms with Gasteiger partial charge in [-0.05, 0) is 17.5 Å². The van der Waals surface area contributed by atoms with Gasteiger partial charge in [0, 0.05) is 0 Å². The van der Waals surface area contributed by atoms with Crippen molar-refractivity contribution in [1.29, 1.82) is 0 Å². The van der Waals surface area contributed by atoms with Crippen LogP contribution >= 0.6 is 122 Å². The number of rotatable bonds is 0. The number of hydrogen-bond donors (Lipinski definition) is 0. The molecule has 20 heavy (non-hydrogen) atoms. The molecule has 0 bridgehead atoms. The third kappa shape index (κ3) is 19.9. The summed E-state index contributed by atoms with van der Waals surface area (Å²) in [4.78, 5) is 0. The first kappa shape index (κ1) is 49.5. The monoisotopic (exact) mass is 488 g/mol. The highest BCUT2D eigenvalue weighted by Gasteiger charge is 2.00. The van der Waals surface area contributed by atoms with Crippen LogP contribution in [0, 0.1) is 0 Å². The second-order valence-electron chi connectivity index (χ2n) is 2.41. The fraction of sp³-hybridized carbons (Fsp3) is 0.200. The van der Waals surface area contributed by atoms with Gasteiger partial charge in [0.05, 0.1) is 5.34 Å². The average Bonchev–Trinajstić information content (AvgIpc) is 2.52. The van der Waals surface area contributed by atoms with Crippen molar-refractivity contribution in [2.75, 3.05) is 5.34 Å². The van der Waals surface area contributed by atoms with E-state index in [4.69, 9.17) is 23.2 Å². The molecule has 2 rings (SSSR count). The Morgan fingerprint density at radius 2 is 1.15 bits per heavy atom. The van der Waals surface area contributed by atoms with E-state index >= 15 is 0 Å². The van der Waals surface area contributed by atoms with Crippen LogP contribution in [0.2, 0.25) is 0 Å². The van der Waals surface area contributed by atoms with E-state index in [0.29, 0.717) is 0 Å². The fourth-order valence-electron chi connectivity index (χ4n) is 1.20. The van der Waals surface area contributed by atoms with Crippen LogP contribution in [-0.2, 0) is 6.42 Å². The Hall–Kier alpha value is 1.86. The van der Waals surface area contributed by atoms with Gasteiger partial charge >= 0.3 is 0 Å². The Bertz CT molecular complexity index is 278. The summed E-state index contributed by atoms with van der Waals surface area (Å²) in [5, 5.41) is 0.194. The lowest BCUT2D eigenvalue weighted by molar-refractivity contribution is 1.31. The van der Waals surface area contributed by atoms with E-state index in [9.17, 15) is 0 Å². The topological polar surface area (TPSA) is 0 Å². The second kappa shape index (κ2) is 32.7. The molecule has 0 fully saturated rings. The summed E-state index contributed by atoms with van der Waals surface area (Å²) in [6, 6.07) is 8.49. The van der Waals surface area contributed by atoms with Gasteiger partial charge in [0.1, 0.15) is 0 Å². The maximum absolute atomic E-state index is 4.76. The quantitative estimate of drug-likeness (QED) is 0.340. The minimum Gasteiger partial charge on any atom is -0.147 e. The molecule has 1 aromatic rings. The molecule has 0 N–H and O–H groups in total. The summed E-state index contributed by atoms with van der Waals surface area (Å²) >= 11 is 9.53. The van der Waals surface area contributed by atoms with Crippen LogP contribution in [-0.4, -0.2) is 5.34 Å². The van der Waals surface area contributed by atoms with Crippen molar-refractivity contribution in [1.82, 2.24) is 0 Å². The van der Waals surface area contributed by atoms with Crippen molar-refractivity contribution in [3.8, 4) is 0 Å². The van der Waals surface area contributed by atoms with Crippen molar-refractivity contribution in [2.24, 2.45) is 0 Å². The molecule has 0 nitrogen and oxygen atoms in total. The van der Waals surface area contributed by atoms with Crippen molar-refractivity contribution >= 4 is 129 Å². The molecular weight excluding hydrogens is 475 g/mol. The first-order valence-electron chi connectivity index (χ1n) is 3.75. The third-order valence-electron chi connectivity index (χ3n) is 1.69. The second-order valence-corrected chi connectivity index (χ2v) is 3.21. The van der Waals surface area contributed by atoms with Gasteiger partial charge in [-0.15, -0.1) is 122 Å². The standard InChI is InChI=1S/C9H8.CH2Cl2.8ClH/c1-2-5-9-7-3-6-8(9)4-1;2-1-3;;;;;;;;/h1-6H,7H2;1H2;8*1H. The SMILES string of the molecule is C1=Cc2ccccc2C1.Cl.Cl.Cl.Cl.Cl.Cl.Cl.Cl.ClCCl. The fourth-order valence-corrected chi connectivity index (χ4v) is 1.20.